The Morgan fingerprint density at radius 2 is 2.25 bits per heavy atom. The summed E-state index contributed by atoms with van der Waals surface area (Å²) in [4.78, 5) is 0. The summed E-state index contributed by atoms with van der Waals surface area (Å²) in [5.74, 6) is 5.72. The molecule has 0 aromatic carbocycles. The third-order valence-corrected chi connectivity index (χ3v) is 0.643. The number of methoxy groups -OCH3 is 1. The maximum absolute atomic E-state index is 4.69. The van der Waals surface area contributed by atoms with Gasteiger partial charge in [0.25, 0.3) is 0 Å². The highest BCUT2D eigenvalue weighted by atomic mass is 16.5. The van der Waals surface area contributed by atoms with E-state index in [1.165, 1.54) is 0 Å². The summed E-state index contributed by atoms with van der Waals surface area (Å²) in [6, 6.07) is 0. The Morgan fingerprint density at radius 1 is 1.50 bits per heavy atom. The van der Waals surface area contributed by atoms with Crippen LogP contribution in [0.4, 0.5) is 0 Å². The lowest BCUT2D eigenvalue weighted by atomic mass is 10.3. The van der Waals surface area contributed by atoms with Gasteiger partial charge >= 0.3 is 0 Å². The van der Waals surface area contributed by atoms with Crippen molar-refractivity contribution in [3.8, 4) is 11.8 Å². The van der Waals surface area contributed by atoms with Crippen LogP contribution in [-0.2, 0) is 4.74 Å². The number of ether oxygens (including phenoxy) is 1. The van der Waals surface area contributed by atoms with Crippen LogP contribution in [0.25, 0.3) is 0 Å². The smallest absolute Gasteiger partial charge is 0.107 e. The van der Waals surface area contributed by atoms with Crippen molar-refractivity contribution in [2.45, 2.75) is 12.8 Å². The standard InChI is InChI=1S/C7H11O/c1-3-4-5-6-7-8-2/h1,3-4,7H2,2H3. The average molecular weight is 111 g/mol. The molecule has 0 aromatic heterocycles. The van der Waals surface area contributed by atoms with E-state index in [9.17, 15) is 0 Å². The maximum atomic E-state index is 4.69. The molecule has 0 aliphatic rings. The lowest BCUT2D eigenvalue weighted by molar-refractivity contribution is 0.239. The van der Waals surface area contributed by atoms with E-state index < -0.39 is 0 Å². The van der Waals surface area contributed by atoms with Gasteiger partial charge in [0.15, 0.2) is 0 Å². The maximum Gasteiger partial charge on any atom is 0.107 e. The highest BCUT2D eigenvalue weighted by Crippen LogP contribution is 1.79. The molecular weight excluding hydrogens is 100 g/mol. The lowest BCUT2D eigenvalue weighted by Crippen LogP contribution is -1.80. The van der Waals surface area contributed by atoms with E-state index in [0.29, 0.717) is 6.61 Å². The summed E-state index contributed by atoms with van der Waals surface area (Å²) in [5, 5.41) is 0. The Bertz CT molecular complexity index is 76.3. The van der Waals surface area contributed by atoms with Gasteiger partial charge in [-0.25, -0.2) is 0 Å². The van der Waals surface area contributed by atoms with E-state index in [4.69, 9.17) is 4.74 Å². The van der Waals surface area contributed by atoms with Crippen LogP contribution < -0.4 is 0 Å². The summed E-state index contributed by atoms with van der Waals surface area (Å²) in [6.45, 7) is 4.18. The zero-order valence-electron chi connectivity index (χ0n) is 5.24. The normalized spacial score (nSPS) is 7.75. The second-order valence-electron chi connectivity index (χ2n) is 1.39. The van der Waals surface area contributed by atoms with E-state index in [-0.39, 0.29) is 0 Å². The minimum atomic E-state index is 0.542. The van der Waals surface area contributed by atoms with Gasteiger partial charge in [0.05, 0.1) is 0 Å². The van der Waals surface area contributed by atoms with Gasteiger partial charge < -0.3 is 4.74 Å². The zero-order chi connectivity index (χ0) is 6.24. The quantitative estimate of drug-likeness (QED) is 0.487. The summed E-state index contributed by atoms with van der Waals surface area (Å²) in [6.07, 6.45) is 1.76. The molecule has 0 aliphatic heterocycles. The van der Waals surface area contributed by atoms with Crippen LogP contribution >= 0.6 is 0 Å². The van der Waals surface area contributed by atoms with Crippen LogP contribution in [0.5, 0.6) is 0 Å². The summed E-state index contributed by atoms with van der Waals surface area (Å²) in [5.41, 5.74) is 0. The van der Waals surface area contributed by atoms with Gasteiger partial charge in [0.2, 0.25) is 0 Å². The number of hydrogen-bond acceptors (Lipinski definition) is 1. The first kappa shape index (κ1) is 7.52. The molecule has 0 aliphatic carbocycles. The van der Waals surface area contributed by atoms with Crippen LogP contribution in [0.1, 0.15) is 12.8 Å². The SMILES string of the molecule is [CH2]CCC#CCOC. The molecule has 0 spiro atoms. The number of rotatable bonds is 2. The van der Waals surface area contributed by atoms with Crippen LogP contribution in [0, 0.1) is 18.8 Å². The Labute approximate surface area is 51.0 Å². The number of unbranched alkanes of at least 4 members (excludes halogenated alkanes) is 1. The second kappa shape index (κ2) is 6.52. The molecular formula is C7H11O. The van der Waals surface area contributed by atoms with E-state index in [1.807, 2.05) is 0 Å². The zero-order valence-corrected chi connectivity index (χ0v) is 5.24. The molecule has 0 heterocycles. The van der Waals surface area contributed by atoms with Gasteiger partial charge in [-0.2, -0.15) is 0 Å². The van der Waals surface area contributed by atoms with Crippen molar-refractivity contribution in [1.82, 2.24) is 0 Å². The van der Waals surface area contributed by atoms with Gasteiger partial charge in [0.1, 0.15) is 6.61 Å². The van der Waals surface area contributed by atoms with Gasteiger partial charge in [-0.15, -0.1) is 5.92 Å². The molecule has 0 fully saturated rings. The van der Waals surface area contributed by atoms with Crippen LogP contribution in [0.15, 0.2) is 0 Å². The van der Waals surface area contributed by atoms with Crippen molar-refractivity contribution in [1.29, 1.82) is 0 Å². The fourth-order valence-electron chi connectivity index (χ4n) is 0.300. The fourth-order valence-corrected chi connectivity index (χ4v) is 0.300. The molecule has 1 radical (unpaired) electrons. The first-order chi connectivity index (χ1) is 3.91. The lowest BCUT2D eigenvalue weighted by Gasteiger charge is -1.81. The van der Waals surface area contributed by atoms with Crippen molar-refractivity contribution < 1.29 is 4.74 Å². The molecule has 0 saturated heterocycles. The van der Waals surface area contributed by atoms with Crippen molar-refractivity contribution in [2.75, 3.05) is 13.7 Å². The predicted octanol–water partition coefficient (Wildman–Crippen LogP) is 1.25. The number of hydrogen-bond donors (Lipinski definition) is 0. The summed E-state index contributed by atoms with van der Waals surface area (Å²) < 4.78 is 4.69. The molecule has 0 saturated carbocycles. The molecule has 0 rings (SSSR count). The van der Waals surface area contributed by atoms with Gasteiger partial charge in [-0.1, -0.05) is 12.8 Å². The Balaban J connectivity index is 2.95. The Morgan fingerprint density at radius 3 is 2.75 bits per heavy atom. The minimum Gasteiger partial charge on any atom is -0.372 e. The third-order valence-electron chi connectivity index (χ3n) is 0.643. The van der Waals surface area contributed by atoms with Gasteiger partial charge in [-0.05, 0) is 6.42 Å². The monoisotopic (exact) mass is 111 g/mol. The van der Waals surface area contributed by atoms with E-state index in [1.54, 1.807) is 7.11 Å². The first-order valence-corrected chi connectivity index (χ1v) is 2.65. The van der Waals surface area contributed by atoms with Crippen molar-refractivity contribution >= 4 is 0 Å². The molecule has 45 valence electrons. The fraction of sp³-hybridized carbons (Fsp3) is 0.571. The molecule has 0 amide bonds. The topological polar surface area (TPSA) is 9.23 Å². The molecule has 0 aromatic rings. The highest BCUT2D eigenvalue weighted by molar-refractivity contribution is 4.98. The largest absolute Gasteiger partial charge is 0.372 e. The van der Waals surface area contributed by atoms with E-state index >= 15 is 0 Å². The van der Waals surface area contributed by atoms with E-state index in [2.05, 4.69) is 18.8 Å². The second-order valence-corrected chi connectivity index (χ2v) is 1.39. The first-order valence-electron chi connectivity index (χ1n) is 2.65. The third kappa shape index (κ3) is 5.52. The van der Waals surface area contributed by atoms with Crippen LogP contribution in [-0.4, -0.2) is 13.7 Å². The molecule has 0 bridgehead atoms. The Kier molecular flexibility index (Phi) is 6.13. The van der Waals surface area contributed by atoms with Crippen molar-refractivity contribution in [2.24, 2.45) is 0 Å². The molecule has 1 heteroatoms. The predicted molar refractivity (Wildman–Crippen MR) is 34.2 cm³/mol. The minimum absolute atomic E-state index is 0.542. The van der Waals surface area contributed by atoms with Crippen LogP contribution in [0.2, 0.25) is 0 Å². The molecule has 0 unspecified atom stereocenters. The van der Waals surface area contributed by atoms with Crippen molar-refractivity contribution in [3.05, 3.63) is 6.92 Å². The average Bonchev–Trinajstić information content (AvgIpc) is 1.81. The van der Waals surface area contributed by atoms with Crippen LogP contribution in [0.3, 0.4) is 0 Å². The van der Waals surface area contributed by atoms with Gasteiger partial charge in [0, 0.05) is 13.5 Å². The highest BCUT2D eigenvalue weighted by Gasteiger charge is 1.69. The molecule has 1 nitrogen and oxygen atoms in total. The summed E-state index contributed by atoms with van der Waals surface area (Å²) >= 11 is 0. The van der Waals surface area contributed by atoms with E-state index in [0.717, 1.165) is 12.8 Å². The molecule has 8 heavy (non-hydrogen) atoms. The van der Waals surface area contributed by atoms with Gasteiger partial charge in [-0.3, -0.25) is 0 Å². The molecule has 0 atom stereocenters. The summed E-state index contributed by atoms with van der Waals surface area (Å²) in [7, 11) is 1.64. The van der Waals surface area contributed by atoms with Crippen molar-refractivity contribution in [3.63, 3.8) is 0 Å². The molecule has 0 N–H and O–H groups in total. The Hall–Kier alpha value is -0.480.